The molecule has 3 aromatic rings. The van der Waals surface area contributed by atoms with Crippen molar-refractivity contribution in [2.75, 3.05) is 7.05 Å². The van der Waals surface area contributed by atoms with E-state index in [1.165, 1.54) is 17.0 Å². The molecule has 0 aliphatic heterocycles. The lowest BCUT2D eigenvalue weighted by atomic mass is 10.1. The van der Waals surface area contributed by atoms with Crippen molar-refractivity contribution in [3.05, 3.63) is 82.7 Å². The maximum Gasteiger partial charge on any atom is 0.416 e. The Morgan fingerprint density at radius 1 is 1.04 bits per heavy atom. The van der Waals surface area contributed by atoms with Crippen LogP contribution in [0.4, 0.5) is 13.2 Å². The Morgan fingerprint density at radius 2 is 1.64 bits per heavy atom. The van der Waals surface area contributed by atoms with Crippen LogP contribution in [0.5, 0.6) is 0 Å². The Morgan fingerprint density at radius 3 is 2.21 bits per heavy atom. The van der Waals surface area contributed by atoms with E-state index in [4.69, 9.17) is 0 Å². The second kappa shape index (κ2) is 7.50. The summed E-state index contributed by atoms with van der Waals surface area (Å²) in [6.07, 6.45) is -4.42. The second-order valence-corrected chi connectivity index (χ2v) is 6.63. The summed E-state index contributed by atoms with van der Waals surface area (Å²) in [5, 5.41) is 4.56. The van der Waals surface area contributed by atoms with Gasteiger partial charge in [-0.1, -0.05) is 18.2 Å². The number of hydrogen-bond donors (Lipinski definition) is 0. The molecule has 1 amide bonds. The van der Waals surface area contributed by atoms with Gasteiger partial charge < -0.3 is 4.90 Å². The molecular formula is C21H20F3N3O. The van der Waals surface area contributed by atoms with Gasteiger partial charge in [0.2, 0.25) is 0 Å². The minimum Gasteiger partial charge on any atom is -0.337 e. The molecule has 0 radical (unpaired) electrons. The lowest BCUT2D eigenvalue weighted by Crippen LogP contribution is -2.26. The molecular weight excluding hydrogens is 367 g/mol. The standard InChI is InChI=1S/C21H20F3N3O/c1-14-19(15(2)27(25-14)18-7-5-4-6-8-18)13-26(3)20(28)16-9-11-17(12-10-16)21(22,23)24/h4-12H,13H2,1-3H3. The number of halogens is 3. The summed E-state index contributed by atoms with van der Waals surface area (Å²) in [7, 11) is 1.62. The monoisotopic (exact) mass is 387 g/mol. The number of aryl methyl sites for hydroxylation is 1. The number of rotatable bonds is 4. The maximum atomic E-state index is 12.7. The summed E-state index contributed by atoms with van der Waals surface area (Å²) in [4.78, 5) is 14.1. The minimum atomic E-state index is -4.42. The van der Waals surface area contributed by atoms with Crippen molar-refractivity contribution in [3.63, 3.8) is 0 Å². The van der Waals surface area contributed by atoms with E-state index in [9.17, 15) is 18.0 Å². The van der Waals surface area contributed by atoms with E-state index in [0.29, 0.717) is 6.54 Å². The summed E-state index contributed by atoms with van der Waals surface area (Å²) in [6, 6.07) is 13.9. The van der Waals surface area contributed by atoms with Gasteiger partial charge in [0.1, 0.15) is 0 Å². The predicted octanol–water partition coefficient (Wildman–Crippen LogP) is 4.78. The first-order valence-corrected chi connectivity index (χ1v) is 8.71. The predicted molar refractivity (Wildman–Crippen MR) is 100 cm³/mol. The third kappa shape index (κ3) is 3.93. The molecule has 28 heavy (non-hydrogen) atoms. The Balaban J connectivity index is 1.80. The molecule has 0 atom stereocenters. The first-order valence-electron chi connectivity index (χ1n) is 8.71. The highest BCUT2D eigenvalue weighted by Gasteiger charge is 2.30. The van der Waals surface area contributed by atoms with Crippen LogP contribution in [0.1, 0.15) is 32.9 Å². The van der Waals surface area contributed by atoms with Gasteiger partial charge >= 0.3 is 6.18 Å². The van der Waals surface area contributed by atoms with Crippen LogP contribution in [0.2, 0.25) is 0 Å². The van der Waals surface area contributed by atoms with Crippen molar-refractivity contribution in [2.45, 2.75) is 26.6 Å². The topological polar surface area (TPSA) is 38.1 Å². The molecule has 1 aromatic heterocycles. The third-order valence-electron chi connectivity index (χ3n) is 4.64. The van der Waals surface area contributed by atoms with Gasteiger partial charge in [-0.3, -0.25) is 4.79 Å². The van der Waals surface area contributed by atoms with E-state index in [2.05, 4.69) is 5.10 Å². The molecule has 1 heterocycles. The Labute approximate surface area is 161 Å². The zero-order chi connectivity index (χ0) is 20.5. The van der Waals surface area contributed by atoms with Gasteiger partial charge in [0.05, 0.1) is 16.9 Å². The normalized spacial score (nSPS) is 11.5. The zero-order valence-corrected chi connectivity index (χ0v) is 15.8. The quantitative estimate of drug-likeness (QED) is 0.646. The molecule has 2 aromatic carbocycles. The number of nitrogens with zero attached hydrogens (tertiary/aromatic N) is 3. The van der Waals surface area contributed by atoms with Crippen molar-refractivity contribution in [3.8, 4) is 5.69 Å². The number of para-hydroxylation sites is 1. The molecule has 7 heteroatoms. The van der Waals surface area contributed by atoms with E-state index < -0.39 is 11.7 Å². The fraction of sp³-hybridized carbons (Fsp3) is 0.238. The number of carbonyl (C=O) groups is 1. The molecule has 4 nitrogen and oxygen atoms in total. The van der Waals surface area contributed by atoms with Crippen molar-refractivity contribution in [2.24, 2.45) is 0 Å². The number of aromatic nitrogens is 2. The lowest BCUT2D eigenvalue weighted by molar-refractivity contribution is -0.137. The first-order chi connectivity index (χ1) is 13.2. The summed E-state index contributed by atoms with van der Waals surface area (Å²) in [5.41, 5.74) is 2.98. The van der Waals surface area contributed by atoms with Gasteiger partial charge in [-0.05, 0) is 50.2 Å². The second-order valence-electron chi connectivity index (χ2n) is 6.63. The van der Waals surface area contributed by atoms with Crippen LogP contribution in [0.25, 0.3) is 5.69 Å². The molecule has 146 valence electrons. The molecule has 0 bridgehead atoms. The van der Waals surface area contributed by atoms with Crippen LogP contribution >= 0.6 is 0 Å². The van der Waals surface area contributed by atoms with Gasteiger partial charge in [-0.15, -0.1) is 0 Å². The number of benzene rings is 2. The average molecular weight is 387 g/mol. The summed E-state index contributed by atoms with van der Waals surface area (Å²) in [5.74, 6) is -0.347. The third-order valence-corrected chi connectivity index (χ3v) is 4.64. The van der Waals surface area contributed by atoms with Crippen LogP contribution in [-0.2, 0) is 12.7 Å². The maximum absolute atomic E-state index is 12.7. The number of hydrogen-bond acceptors (Lipinski definition) is 2. The minimum absolute atomic E-state index is 0.209. The molecule has 3 rings (SSSR count). The fourth-order valence-corrected chi connectivity index (χ4v) is 3.06. The summed E-state index contributed by atoms with van der Waals surface area (Å²) >= 11 is 0. The summed E-state index contributed by atoms with van der Waals surface area (Å²) < 4.78 is 39.9. The Kier molecular flexibility index (Phi) is 5.27. The molecule has 0 aliphatic rings. The average Bonchev–Trinajstić information content (AvgIpc) is 2.95. The first kappa shape index (κ1) is 19.7. The van der Waals surface area contributed by atoms with Crippen LogP contribution in [-0.4, -0.2) is 27.6 Å². The van der Waals surface area contributed by atoms with Gasteiger partial charge in [0, 0.05) is 30.4 Å². The SMILES string of the molecule is Cc1nn(-c2ccccc2)c(C)c1CN(C)C(=O)c1ccc(C(F)(F)F)cc1. The van der Waals surface area contributed by atoms with E-state index in [-0.39, 0.29) is 11.5 Å². The summed E-state index contributed by atoms with van der Waals surface area (Å²) in [6.45, 7) is 4.11. The molecule has 0 N–H and O–H groups in total. The largest absolute Gasteiger partial charge is 0.416 e. The molecule has 0 saturated carbocycles. The van der Waals surface area contributed by atoms with E-state index >= 15 is 0 Å². The number of amides is 1. The number of carbonyl (C=O) groups excluding carboxylic acids is 1. The molecule has 0 unspecified atom stereocenters. The number of alkyl halides is 3. The van der Waals surface area contributed by atoms with Gasteiger partial charge in [-0.25, -0.2) is 4.68 Å². The highest BCUT2D eigenvalue weighted by Crippen LogP contribution is 2.29. The van der Waals surface area contributed by atoms with Crippen molar-refractivity contribution in [1.29, 1.82) is 0 Å². The smallest absolute Gasteiger partial charge is 0.337 e. The van der Waals surface area contributed by atoms with Gasteiger partial charge in [0.15, 0.2) is 0 Å². The Bertz CT molecular complexity index is 977. The molecule has 0 saturated heterocycles. The lowest BCUT2D eigenvalue weighted by Gasteiger charge is -2.18. The highest BCUT2D eigenvalue weighted by molar-refractivity contribution is 5.94. The van der Waals surface area contributed by atoms with Crippen molar-refractivity contribution in [1.82, 2.24) is 14.7 Å². The van der Waals surface area contributed by atoms with Gasteiger partial charge in [0.25, 0.3) is 5.91 Å². The zero-order valence-electron chi connectivity index (χ0n) is 15.8. The van der Waals surface area contributed by atoms with Crippen molar-refractivity contribution >= 4 is 5.91 Å². The van der Waals surface area contributed by atoms with E-state index in [0.717, 1.165) is 34.8 Å². The Hall–Kier alpha value is -3.09. The van der Waals surface area contributed by atoms with E-state index in [1.54, 1.807) is 7.05 Å². The van der Waals surface area contributed by atoms with Gasteiger partial charge in [-0.2, -0.15) is 18.3 Å². The van der Waals surface area contributed by atoms with Crippen LogP contribution in [0, 0.1) is 13.8 Å². The molecule has 0 spiro atoms. The van der Waals surface area contributed by atoms with Crippen LogP contribution in [0.15, 0.2) is 54.6 Å². The fourth-order valence-electron chi connectivity index (χ4n) is 3.06. The van der Waals surface area contributed by atoms with Crippen LogP contribution in [0.3, 0.4) is 0 Å². The molecule has 0 fully saturated rings. The van der Waals surface area contributed by atoms with Crippen LogP contribution < -0.4 is 0 Å². The van der Waals surface area contributed by atoms with E-state index in [1.807, 2.05) is 48.9 Å². The molecule has 0 aliphatic carbocycles. The van der Waals surface area contributed by atoms with Crippen molar-refractivity contribution < 1.29 is 18.0 Å². The highest BCUT2D eigenvalue weighted by atomic mass is 19.4.